The quantitative estimate of drug-likeness (QED) is 0.807. The Hall–Kier alpha value is -1.55. The molecule has 0 spiro atoms. The van der Waals surface area contributed by atoms with Crippen LogP contribution in [-0.2, 0) is 6.61 Å². The van der Waals surface area contributed by atoms with Gasteiger partial charge in [-0.15, -0.1) is 0 Å². The van der Waals surface area contributed by atoms with Gasteiger partial charge in [-0.3, -0.25) is 5.32 Å². The van der Waals surface area contributed by atoms with Crippen LogP contribution in [0.3, 0.4) is 0 Å². The summed E-state index contributed by atoms with van der Waals surface area (Å²) in [6, 6.07) is 15.3. The second-order valence-electron chi connectivity index (χ2n) is 6.23. The van der Waals surface area contributed by atoms with Crippen molar-refractivity contribution in [2.75, 3.05) is 0 Å². The van der Waals surface area contributed by atoms with Crippen molar-refractivity contribution in [3.05, 3.63) is 64.7 Å². The van der Waals surface area contributed by atoms with Crippen LogP contribution in [0.15, 0.2) is 48.5 Å². The van der Waals surface area contributed by atoms with E-state index in [4.69, 9.17) is 16.3 Å². The van der Waals surface area contributed by atoms with Crippen LogP contribution in [-0.4, -0.2) is 10.6 Å². The number of halogens is 1. The van der Waals surface area contributed by atoms with Gasteiger partial charge in [0.15, 0.2) is 0 Å². The monoisotopic (exact) mass is 319 g/mol. The summed E-state index contributed by atoms with van der Waals surface area (Å²) in [6.07, 6.45) is -0.840. The first kappa shape index (κ1) is 16.8. The van der Waals surface area contributed by atoms with Crippen molar-refractivity contribution in [2.24, 2.45) is 0 Å². The third-order valence-corrected chi connectivity index (χ3v) is 3.50. The minimum atomic E-state index is -0.840. The first-order valence-corrected chi connectivity index (χ1v) is 7.65. The van der Waals surface area contributed by atoms with Crippen molar-refractivity contribution in [1.29, 1.82) is 0 Å². The lowest BCUT2D eigenvalue weighted by atomic mass is 10.1. The minimum absolute atomic E-state index is 0.219. The van der Waals surface area contributed by atoms with E-state index in [0.717, 1.165) is 5.56 Å². The lowest BCUT2D eigenvalue weighted by Crippen LogP contribution is -2.38. The molecule has 0 bridgehead atoms. The van der Waals surface area contributed by atoms with Gasteiger partial charge < -0.3 is 9.84 Å². The van der Waals surface area contributed by atoms with Crippen molar-refractivity contribution in [3.63, 3.8) is 0 Å². The summed E-state index contributed by atoms with van der Waals surface area (Å²) in [5.74, 6) is 0.567. The number of ether oxygens (including phenoxy) is 1. The first-order valence-electron chi connectivity index (χ1n) is 7.28. The molecule has 0 heterocycles. The van der Waals surface area contributed by atoms with Crippen LogP contribution >= 0.6 is 11.6 Å². The fourth-order valence-electron chi connectivity index (χ4n) is 2.07. The lowest BCUT2D eigenvalue weighted by Gasteiger charge is -2.26. The first-order chi connectivity index (χ1) is 10.4. The van der Waals surface area contributed by atoms with Gasteiger partial charge in [-0.25, -0.2) is 0 Å². The van der Waals surface area contributed by atoms with Gasteiger partial charge in [0.1, 0.15) is 18.6 Å². The molecule has 0 aliphatic heterocycles. The van der Waals surface area contributed by atoms with Crippen molar-refractivity contribution in [3.8, 4) is 5.75 Å². The standard InChI is InChI=1S/C18H22ClNO2/c1-18(2,3)20-17(21)14-10-7-11-15(16(14)19)22-12-13-8-5-4-6-9-13/h4-11,17,20-21H,12H2,1-3H3. The highest BCUT2D eigenvalue weighted by Gasteiger charge is 2.20. The van der Waals surface area contributed by atoms with Crippen molar-refractivity contribution < 1.29 is 9.84 Å². The van der Waals surface area contributed by atoms with Crippen LogP contribution in [0.2, 0.25) is 5.02 Å². The Morgan fingerprint density at radius 2 is 1.77 bits per heavy atom. The molecule has 2 rings (SSSR count). The van der Waals surface area contributed by atoms with Crippen molar-refractivity contribution in [2.45, 2.75) is 39.1 Å². The van der Waals surface area contributed by atoms with E-state index in [1.54, 1.807) is 12.1 Å². The number of aliphatic hydroxyl groups excluding tert-OH is 1. The molecule has 22 heavy (non-hydrogen) atoms. The predicted molar refractivity (Wildman–Crippen MR) is 90.1 cm³/mol. The number of aliphatic hydroxyl groups is 1. The van der Waals surface area contributed by atoms with Crippen molar-refractivity contribution >= 4 is 11.6 Å². The summed E-state index contributed by atoms with van der Waals surface area (Å²) in [4.78, 5) is 0. The predicted octanol–water partition coefficient (Wildman–Crippen LogP) is 4.30. The summed E-state index contributed by atoms with van der Waals surface area (Å²) in [5, 5.41) is 13.8. The summed E-state index contributed by atoms with van der Waals surface area (Å²) in [7, 11) is 0. The third kappa shape index (κ3) is 4.73. The molecule has 0 aliphatic rings. The Kier molecular flexibility index (Phi) is 5.46. The zero-order chi connectivity index (χ0) is 16.2. The minimum Gasteiger partial charge on any atom is -0.487 e. The van der Waals surface area contributed by atoms with Gasteiger partial charge in [0, 0.05) is 11.1 Å². The molecule has 2 N–H and O–H groups in total. The van der Waals surface area contributed by atoms with Crippen LogP contribution in [0.25, 0.3) is 0 Å². The van der Waals surface area contributed by atoms with E-state index in [1.807, 2.05) is 57.2 Å². The molecular weight excluding hydrogens is 298 g/mol. The van der Waals surface area contributed by atoms with E-state index < -0.39 is 6.23 Å². The fourth-order valence-corrected chi connectivity index (χ4v) is 2.36. The smallest absolute Gasteiger partial charge is 0.138 e. The lowest BCUT2D eigenvalue weighted by molar-refractivity contribution is 0.106. The number of rotatable bonds is 5. The molecule has 1 atom stereocenters. The highest BCUT2D eigenvalue weighted by Crippen LogP contribution is 2.32. The van der Waals surface area contributed by atoms with Crippen LogP contribution in [0.1, 0.15) is 38.1 Å². The van der Waals surface area contributed by atoms with Gasteiger partial charge in [0.25, 0.3) is 0 Å². The average molecular weight is 320 g/mol. The molecule has 2 aromatic carbocycles. The maximum absolute atomic E-state index is 10.3. The molecule has 0 fully saturated rings. The Morgan fingerprint density at radius 1 is 1.09 bits per heavy atom. The van der Waals surface area contributed by atoms with Crippen LogP contribution in [0.4, 0.5) is 0 Å². The van der Waals surface area contributed by atoms with E-state index in [2.05, 4.69) is 5.32 Å². The van der Waals surface area contributed by atoms with Crippen LogP contribution < -0.4 is 10.1 Å². The van der Waals surface area contributed by atoms with E-state index in [0.29, 0.717) is 22.9 Å². The summed E-state index contributed by atoms with van der Waals surface area (Å²) in [6.45, 7) is 6.40. The highest BCUT2D eigenvalue weighted by molar-refractivity contribution is 6.32. The molecule has 3 nitrogen and oxygen atoms in total. The van der Waals surface area contributed by atoms with Gasteiger partial charge in [-0.05, 0) is 32.4 Å². The Labute approximate surface area is 136 Å². The Balaban J connectivity index is 2.12. The summed E-state index contributed by atoms with van der Waals surface area (Å²) >= 11 is 6.37. The number of nitrogens with one attached hydrogen (secondary N) is 1. The Morgan fingerprint density at radius 3 is 2.41 bits per heavy atom. The molecule has 0 aliphatic carbocycles. The van der Waals surface area contributed by atoms with Gasteiger partial charge >= 0.3 is 0 Å². The number of hydrogen-bond donors (Lipinski definition) is 2. The van der Waals surface area contributed by atoms with Gasteiger partial charge in [-0.1, -0.05) is 54.1 Å². The van der Waals surface area contributed by atoms with Gasteiger partial charge in [0.2, 0.25) is 0 Å². The summed E-state index contributed by atoms with van der Waals surface area (Å²) < 4.78 is 5.77. The zero-order valence-corrected chi connectivity index (χ0v) is 13.9. The molecule has 0 saturated heterocycles. The van der Waals surface area contributed by atoms with E-state index >= 15 is 0 Å². The molecule has 118 valence electrons. The SMILES string of the molecule is CC(C)(C)NC(O)c1cccc(OCc2ccccc2)c1Cl. The molecule has 0 amide bonds. The molecule has 0 aromatic heterocycles. The summed E-state index contributed by atoms with van der Waals surface area (Å²) in [5.41, 5.74) is 1.46. The number of benzene rings is 2. The highest BCUT2D eigenvalue weighted by atomic mass is 35.5. The zero-order valence-electron chi connectivity index (χ0n) is 13.1. The van der Waals surface area contributed by atoms with Crippen LogP contribution in [0.5, 0.6) is 5.75 Å². The van der Waals surface area contributed by atoms with E-state index in [-0.39, 0.29) is 5.54 Å². The van der Waals surface area contributed by atoms with E-state index in [1.165, 1.54) is 0 Å². The molecular formula is C18H22ClNO2. The molecule has 2 aromatic rings. The van der Waals surface area contributed by atoms with Gasteiger partial charge in [0.05, 0.1) is 5.02 Å². The van der Waals surface area contributed by atoms with Crippen molar-refractivity contribution in [1.82, 2.24) is 5.32 Å². The average Bonchev–Trinajstić information content (AvgIpc) is 2.45. The normalized spacial score (nSPS) is 13.0. The molecule has 4 heteroatoms. The maximum Gasteiger partial charge on any atom is 0.138 e. The fraction of sp³-hybridized carbons (Fsp3) is 0.333. The topological polar surface area (TPSA) is 41.5 Å². The second kappa shape index (κ2) is 7.14. The molecule has 0 radical (unpaired) electrons. The molecule has 1 unspecified atom stereocenters. The second-order valence-corrected chi connectivity index (χ2v) is 6.61. The van der Waals surface area contributed by atoms with Crippen LogP contribution in [0, 0.1) is 0 Å². The number of hydrogen-bond acceptors (Lipinski definition) is 3. The maximum atomic E-state index is 10.3. The van der Waals surface area contributed by atoms with E-state index in [9.17, 15) is 5.11 Å². The molecule has 0 saturated carbocycles. The Bertz CT molecular complexity index is 608. The third-order valence-electron chi connectivity index (χ3n) is 3.09. The van der Waals surface area contributed by atoms with Gasteiger partial charge in [-0.2, -0.15) is 0 Å². The largest absolute Gasteiger partial charge is 0.487 e.